The Bertz CT molecular complexity index is 1040. The molecule has 0 bridgehead atoms. The number of ether oxygens (including phenoxy) is 1. The minimum Gasteiger partial charge on any atom is -0.389 e. The molecule has 0 aromatic carbocycles. The molecule has 25 heavy (non-hydrogen) atoms. The van der Waals surface area contributed by atoms with Gasteiger partial charge < -0.3 is 10.5 Å². The quantitative estimate of drug-likeness (QED) is 0.645. The molecule has 0 atom stereocenters. The number of pyridine rings is 1. The van der Waals surface area contributed by atoms with Gasteiger partial charge in [-0.3, -0.25) is 4.90 Å². The molecule has 130 valence electrons. The summed E-state index contributed by atoms with van der Waals surface area (Å²) in [6.07, 6.45) is 4.71. The lowest BCUT2D eigenvalue weighted by Crippen LogP contribution is -2.40. The van der Waals surface area contributed by atoms with Crippen LogP contribution in [0.4, 0.5) is 10.8 Å². The molecular weight excluding hydrogens is 372 g/mol. The SMILES string of the molecule is Nc1sc(=S)nc2c1sc1[nH+]c(N3CCOCC3)c3c(c12)CCCC3. The monoisotopic (exact) mass is 391 g/mol. The first kappa shape index (κ1) is 15.9. The van der Waals surface area contributed by atoms with Gasteiger partial charge in [-0.05, 0) is 43.5 Å². The Kier molecular flexibility index (Phi) is 3.89. The molecule has 3 aromatic heterocycles. The van der Waals surface area contributed by atoms with Gasteiger partial charge in [0.1, 0.15) is 18.1 Å². The van der Waals surface area contributed by atoms with E-state index in [1.807, 2.05) is 0 Å². The van der Waals surface area contributed by atoms with E-state index in [-0.39, 0.29) is 0 Å². The van der Waals surface area contributed by atoms with Gasteiger partial charge in [0.15, 0.2) is 8.78 Å². The fourth-order valence-electron chi connectivity index (χ4n) is 4.00. The molecular formula is C17H19N4OS3+. The number of aromatic nitrogens is 2. The predicted molar refractivity (Wildman–Crippen MR) is 106 cm³/mol. The van der Waals surface area contributed by atoms with E-state index in [0.717, 1.165) is 54.4 Å². The molecule has 8 heteroatoms. The Balaban J connectivity index is 1.84. The number of nitrogens with one attached hydrogen (secondary N) is 1. The van der Waals surface area contributed by atoms with Crippen molar-refractivity contribution < 1.29 is 9.72 Å². The second-order valence-electron chi connectivity index (χ2n) is 6.57. The zero-order chi connectivity index (χ0) is 17.0. The maximum Gasteiger partial charge on any atom is 0.279 e. The summed E-state index contributed by atoms with van der Waals surface area (Å²) in [5, 5.41) is 2.03. The number of nitrogen functional groups attached to an aromatic ring is 1. The lowest BCUT2D eigenvalue weighted by molar-refractivity contribution is -0.328. The molecule has 5 nitrogen and oxygen atoms in total. The Morgan fingerprint density at radius 2 is 1.88 bits per heavy atom. The van der Waals surface area contributed by atoms with Gasteiger partial charge in [-0.1, -0.05) is 22.7 Å². The largest absolute Gasteiger partial charge is 0.389 e. The zero-order valence-electron chi connectivity index (χ0n) is 13.8. The van der Waals surface area contributed by atoms with E-state index >= 15 is 0 Å². The number of aryl methyl sites for hydroxylation is 1. The smallest absolute Gasteiger partial charge is 0.279 e. The first-order valence-electron chi connectivity index (χ1n) is 8.65. The molecule has 0 amide bonds. The fraction of sp³-hybridized carbons (Fsp3) is 0.471. The number of thiophene rings is 1. The summed E-state index contributed by atoms with van der Waals surface area (Å²) in [7, 11) is 0. The van der Waals surface area contributed by atoms with Crippen molar-refractivity contribution in [1.29, 1.82) is 0 Å². The van der Waals surface area contributed by atoms with Crippen molar-refractivity contribution in [1.82, 2.24) is 4.98 Å². The van der Waals surface area contributed by atoms with Crippen molar-refractivity contribution in [2.45, 2.75) is 25.7 Å². The third-order valence-electron chi connectivity index (χ3n) is 5.12. The zero-order valence-corrected chi connectivity index (χ0v) is 16.2. The van der Waals surface area contributed by atoms with E-state index in [4.69, 9.17) is 22.7 Å². The number of hydrogen-bond acceptors (Lipinski definition) is 7. The third-order valence-corrected chi connectivity index (χ3v) is 7.41. The second-order valence-corrected chi connectivity index (χ2v) is 9.26. The molecule has 1 aliphatic carbocycles. The molecule has 5 rings (SSSR count). The van der Waals surface area contributed by atoms with Crippen LogP contribution in [0.15, 0.2) is 0 Å². The van der Waals surface area contributed by atoms with Crippen molar-refractivity contribution in [3.63, 3.8) is 0 Å². The number of fused-ring (bicyclic) bond motifs is 5. The molecule has 0 radical (unpaired) electrons. The van der Waals surface area contributed by atoms with Gasteiger partial charge in [0.25, 0.3) is 5.82 Å². The summed E-state index contributed by atoms with van der Waals surface area (Å²) in [4.78, 5) is 12.0. The number of nitrogens with zero attached hydrogens (tertiary/aromatic N) is 2. The summed E-state index contributed by atoms with van der Waals surface area (Å²) >= 11 is 8.45. The highest BCUT2D eigenvalue weighted by Crippen LogP contribution is 2.41. The lowest BCUT2D eigenvalue weighted by atomic mass is 9.90. The molecule has 4 heterocycles. The van der Waals surface area contributed by atoms with Gasteiger partial charge in [-0.2, -0.15) is 0 Å². The number of aromatic amines is 1. The van der Waals surface area contributed by atoms with Gasteiger partial charge in [0, 0.05) is 5.56 Å². The van der Waals surface area contributed by atoms with Crippen LogP contribution in [0.3, 0.4) is 0 Å². The van der Waals surface area contributed by atoms with Gasteiger partial charge in [0.05, 0.1) is 28.8 Å². The summed E-state index contributed by atoms with van der Waals surface area (Å²) in [6.45, 7) is 3.47. The van der Waals surface area contributed by atoms with Crippen LogP contribution in [-0.4, -0.2) is 31.3 Å². The van der Waals surface area contributed by atoms with Crippen LogP contribution in [0, 0.1) is 3.95 Å². The topological polar surface area (TPSA) is 65.5 Å². The number of H-pyrrole nitrogens is 1. The van der Waals surface area contributed by atoms with Crippen LogP contribution < -0.4 is 15.6 Å². The van der Waals surface area contributed by atoms with E-state index in [1.165, 1.54) is 51.3 Å². The molecule has 1 saturated heterocycles. The maximum absolute atomic E-state index is 6.26. The second kappa shape index (κ2) is 6.12. The Morgan fingerprint density at radius 3 is 2.68 bits per heavy atom. The van der Waals surface area contributed by atoms with Crippen molar-refractivity contribution in [2.24, 2.45) is 0 Å². The molecule has 0 unspecified atom stereocenters. The molecule has 1 aliphatic heterocycles. The maximum atomic E-state index is 6.26. The van der Waals surface area contributed by atoms with Crippen LogP contribution in [0.1, 0.15) is 24.0 Å². The molecule has 3 aromatic rings. The third kappa shape index (κ3) is 2.54. The molecule has 3 N–H and O–H groups in total. The first-order valence-corrected chi connectivity index (χ1v) is 10.7. The number of morpholine rings is 1. The Morgan fingerprint density at radius 1 is 1.12 bits per heavy atom. The number of hydrogen-bond donors (Lipinski definition) is 1. The first-order chi connectivity index (χ1) is 12.2. The van der Waals surface area contributed by atoms with Crippen LogP contribution in [0.2, 0.25) is 0 Å². The van der Waals surface area contributed by atoms with Gasteiger partial charge in [-0.15, -0.1) is 0 Å². The standard InChI is InChI=1S/C17H18N4OS3/c18-14-13-12(19-17(23)25-14)11-9-3-1-2-4-10(9)15(20-16(11)24-13)21-5-7-22-8-6-21/h1-8,18H2/p+1. The van der Waals surface area contributed by atoms with E-state index in [9.17, 15) is 0 Å². The fourth-order valence-corrected chi connectivity index (χ4v) is 6.14. The summed E-state index contributed by atoms with van der Waals surface area (Å²) in [5.41, 5.74) is 10.2. The van der Waals surface area contributed by atoms with Crippen LogP contribution in [0.5, 0.6) is 0 Å². The lowest BCUT2D eigenvalue weighted by Gasteiger charge is -2.25. The van der Waals surface area contributed by atoms with Gasteiger partial charge >= 0.3 is 0 Å². The summed E-state index contributed by atoms with van der Waals surface area (Å²) in [6, 6.07) is 0. The highest BCUT2D eigenvalue weighted by molar-refractivity contribution is 7.73. The normalized spacial score (nSPS) is 18.0. The predicted octanol–water partition coefficient (Wildman–Crippen LogP) is 3.35. The van der Waals surface area contributed by atoms with Crippen molar-refractivity contribution in [3.8, 4) is 0 Å². The highest BCUT2D eigenvalue weighted by atomic mass is 32.1. The summed E-state index contributed by atoms with van der Waals surface area (Å²) in [5.74, 6) is 1.28. The van der Waals surface area contributed by atoms with E-state index in [0.29, 0.717) is 3.95 Å². The molecule has 2 aliphatic rings. The van der Waals surface area contributed by atoms with Crippen LogP contribution >= 0.6 is 34.9 Å². The highest BCUT2D eigenvalue weighted by Gasteiger charge is 2.30. The number of nitrogens with two attached hydrogens (primary N) is 1. The number of rotatable bonds is 1. The average molecular weight is 392 g/mol. The van der Waals surface area contributed by atoms with Crippen molar-refractivity contribution in [2.75, 3.05) is 36.9 Å². The minimum atomic E-state index is 0.617. The Hall–Kier alpha value is -1.35. The summed E-state index contributed by atoms with van der Waals surface area (Å²) < 4.78 is 7.22. The Labute approximate surface area is 158 Å². The van der Waals surface area contributed by atoms with Crippen molar-refractivity contribution >= 4 is 66.1 Å². The molecule has 0 spiro atoms. The molecule has 1 fully saturated rings. The van der Waals surface area contributed by atoms with Gasteiger partial charge in [-0.25, -0.2) is 9.97 Å². The average Bonchev–Trinajstić information content (AvgIpc) is 3.01. The molecule has 0 saturated carbocycles. The van der Waals surface area contributed by atoms with E-state index in [1.54, 1.807) is 11.3 Å². The minimum absolute atomic E-state index is 0.617. The van der Waals surface area contributed by atoms with Gasteiger partial charge in [0.2, 0.25) is 0 Å². The van der Waals surface area contributed by atoms with Crippen molar-refractivity contribution in [3.05, 3.63) is 15.1 Å². The number of anilines is 2. The van der Waals surface area contributed by atoms with Crippen LogP contribution in [-0.2, 0) is 17.6 Å². The van der Waals surface area contributed by atoms with E-state index in [2.05, 4.69) is 14.9 Å². The van der Waals surface area contributed by atoms with E-state index < -0.39 is 0 Å². The van der Waals surface area contributed by atoms with Crippen LogP contribution in [0.25, 0.3) is 20.4 Å².